The van der Waals surface area contributed by atoms with Gasteiger partial charge in [-0.25, -0.2) is 0 Å². The molecule has 0 heterocycles. The molecule has 106 valence electrons. The van der Waals surface area contributed by atoms with Crippen LogP contribution in [-0.2, 0) is 14.3 Å². The summed E-state index contributed by atoms with van der Waals surface area (Å²) in [5, 5.41) is 0. The molecule has 1 unspecified atom stereocenters. The Bertz CT molecular complexity index is 252. The Morgan fingerprint density at radius 3 is 2.00 bits per heavy atom. The van der Waals surface area contributed by atoms with Gasteiger partial charge in [-0.1, -0.05) is 12.2 Å². The number of amides is 1. The second-order valence-electron chi connectivity index (χ2n) is 3.84. The number of hydrogen-bond donors (Lipinski definition) is 1. The minimum absolute atomic E-state index is 0.0677. The van der Waals surface area contributed by atoms with Gasteiger partial charge in [0.25, 0.3) is 0 Å². The highest BCUT2D eigenvalue weighted by Gasteiger charge is 2.22. The Hall–Kier alpha value is -0.720. The van der Waals surface area contributed by atoms with E-state index in [9.17, 15) is 4.79 Å². The molecule has 2 N–H and O–H groups in total. The van der Waals surface area contributed by atoms with Gasteiger partial charge in [-0.15, -0.1) is 0 Å². The van der Waals surface area contributed by atoms with Crippen molar-refractivity contribution >= 4 is 23.1 Å². The van der Waals surface area contributed by atoms with Crippen molar-refractivity contribution in [2.75, 3.05) is 39.5 Å². The van der Waals surface area contributed by atoms with Crippen LogP contribution in [0.25, 0.3) is 0 Å². The van der Waals surface area contributed by atoms with Gasteiger partial charge in [0.2, 0.25) is 5.91 Å². The van der Waals surface area contributed by atoms with Gasteiger partial charge in [-0.3, -0.25) is 4.79 Å². The second kappa shape index (κ2) is 10.2. The van der Waals surface area contributed by atoms with Gasteiger partial charge in [0.15, 0.2) is 0 Å². The number of rotatable bonds is 10. The molecule has 0 aromatic rings. The lowest BCUT2D eigenvalue weighted by Gasteiger charge is -2.25. The number of thiocarbonyl (C=S) groups is 1. The van der Waals surface area contributed by atoms with E-state index in [-0.39, 0.29) is 10.9 Å². The highest BCUT2D eigenvalue weighted by atomic mass is 32.1. The maximum absolute atomic E-state index is 12.1. The summed E-state index contributed by atoms with van der Waals surface area (Å²) >= 11 is 4.85. The summed E-state index contributed by atoms with van der Waals surface area (Å²) in [6.07, 6.45) is 0. The quantitative estimate of drug-likeness (QED) is 0.472. The standard InChI is InChI=1S/C12H24N2O3S/c1-4-16-8-6-14(7-9-17-5-2)12(15)10(3)11(13)18/h10H,4-9H2,1-3H3,(H2,13,18). The molecule has 0 fully saturated rings. The highest BCUT2D eigenvalue weighted by Crippen LogP contribution is 2.03. The van der Waals surface area contributed by atoms with Gasteiger partial charge in [0.1, 0.15) is 0 Å². The van der Waals surface area contributed by atoms with Gasteiger partial charge in [0.05, 0.1) is 24.1 Å². The zero-order valence-electron chi connectivity index (χ0n) is 11.5. The van der Waals surface area contributed by atoms with E-state index in [1.54, 1.807) is 11.8 Å². The minimum atomic E-state index is -0.441. The monoisotopic (exact) mass is 276 g/mol. The maximum atomic E-state index is 12.1. The minimum Gasteiger partial charge on any atom is -0.393 e. The smallest absolute Gasteiger partial charge is 0.232 e. The molecule has 0 bridgehead atoms. The Kier molecular flexibility index (Phi) is 9.82. The third kappa shape index (κ3) is 6.88. The third-order valence-corrected chi connectivity index (χ3v) is 2.88. The number of carbonyl (C=O) groups is 1. The molecule has 0 aliphatic carbocycles. The largest absolute Gasteiger partial charge is 0.393 e. The topological polar surface area (TPSA) is 64.8 Å². The molecular weight excluding hydrogens is 252 g/mol. The van der Waals surface area contributed by atoms with Gasteiger partial charge in [-0.05, 0) is 20.8 Å². The van der Waals surface area contributed by atoms with Crippen molar-refractivity contribution in [3.63, 3.8) is 0 Å². The zero-order chi connectivity index (χ0) is 14.0. The van der Waals surface area contributed by atoms with Gasteiger partial charge < -0.3 is 20.1 Å². The Balaban J connectivity index is 4.33. The maximum Gasteiger partial charge on any atom is 0.232 e. The fourth-order valence-corrected chi connectivity index (χ4v) is 1.47. The molecule has 5 nitrogen and oxygen atoms in total. The summed E-state index contributed by atoms with van der Waals surface area (Å²) in [6.45, 7) is 8.93. The van der Waals surface area contributed by atoms with Crippen molar-refractivity contribution in [2.24, 2.45) is 11.7 Å². The number of ether oxygens (including phenoxy) is 2. The summed E-state index contributed by atoms with van der Waals surface area (Å²) in [6, 6.07) is 0. The van der Waals surface area contributed by atoms with Crippen LogP contribution in [0.3, 0.4) is 0 Å². The normalized spacial score (nSPS) is 12.2. The van der Waals surface area contributed by atoms with Gasteiger partial charge in [-0.2, -0.15) is 0 Å². The van der Waals surface area contributed by atoms with E-state index >= 15 is 0 Å². The average Bonchev–Trinajstić information content (AvgIpc) is 2.35. The van der Waals surface area contributed by atoms with Crippen LogP contribution in [0.15, 0.2) is 0 Å². The summed E-state index contributed by atoms with van der Waals surface area (Å²) in [5.74, 6) is -0.509. The fourth-order valence-electron chi connectivity index (χ4n) is 1.37. The molecule has 18 heavy (non-hydrogen) atoms. The van der Waals surface area contributed by atoms with E-state index in [1.165, 1.54) is 0 Å². The SMILES string of the molecule is CCOCCN(CCOCC)C(=O)C(C)C(N)=S. The first kappa shape index (κ1) is 17.3. The molecule has 0 saturated carbocycles. The van der Waals surface area contributed by atoms with Crippen LogP contribution in [0.1, 0.15) is 20.8 Å². The van der Waals surface area contributed by atoms with E-state index in [1.807, 2.05) is 13.8 Å². The lowest BCUT2D eigenvalue weighted by molar-refractivity contribution is -0.134. The molecule has 0 aromatic heterocycles. The highest BCUT2D eigenvalue weighted by molar-refractivity contribution is 7.80. The molecule has 0 aliphatic rings. The van der Waals surface area contributed by atoms with Crippen LogP contribution in [0, 0.1) is 5.92 Å². The lowest BCUT2D eigenvalue weighted by Crippen LogP contribution is -2.43. The summed E-state index contributed by atoms with van der Waals surface area (Å²) < 4.78 is 10.5. The average molecular weight is 276 g/mol. The van der Waals surface area contributed by atoms with Crippen LogP contribution in [-0.4, -0.2) is 55.3 Å². The Morgan fingerprint density at radius 2 is 1.67 bits per heavy atom. The number of hydrogen-bond acceptors (Lipinski definition) is 4. The van der Waals surface area contributed by atoms with Crippen LogP contribution in [0.2, 0.25) is 0 Å². The van der Waals surface area contributed by atoms with E-state index in [0.717, 1.165) is 0 Å². The molecule has 1 atom stereocenters. The molecule has 0 aromatic carbocycles. The summed E-state index contributed by atoms with van der Waals surface area (Å²) in [4.78, 5) is 14.0. The Morgan fingerprint density at radius 1 is 1.22 bits per heavy atom. The molecule has 0 aliphatic heterocycles. The first-order valence-corrected chi connectivity index (χ1v) is 6.68. The summed E-state index contributed by atoms with van der Waals surface area (Å²) in [7, 11) is 0. The second-order valence-corrected chi connectivity index (χ2v) is 4.31. The first-order chi connectivity index (χ1) is 8.54. The van der Waals surface area contributed by atoms with E-state index in [2.05, 4.69) is 0 Å². The number of nitrogens with two attached hydrogens (primary N) is 1. The Labute approximate surface area is 115 Å². The third-order valence-electron chi connectivity index (χ3n) is 2.53. The number of nitrogens with zero attached hydrogens (tertiary/aromatic N) is 1. The van der Waals surface area contributed by atoms with E-state index in [4.69, 9.17) is 27.4 Å². The van der Waals surface area contributed by atoms with Crippen molar-refractivity contribution in [3.8, 4) is 0 Å². The predicted molar refractivity (Wildman–Crippen MR) is 75.5 cm³/mol. The molecule has 0 radical (unpaired) electrons. The fraction of sp³-hybridized carbons (Fsp3) is 0.833. The lowest BCUT2D eigenvalue weighted by atomic mass is 10.1. The molecule has 0 rings (SSSR count). The van der Waals surface area contributed by atoms with Crippen molar-refractivity contribution in [1.82, 2.24) is 4.90 Å². The van der Waals surface area contributed by atoms with Crippen LogP contribution in [0.5, 0.6) is 0 Å². The molecular formula is C12H24N2O3S. The van der Waals surface area contributed by atoms with Crippen LogP contribution < -0.4 is 5.73 Å². The predicted octanol–water partition coefficient (Wildman–Crippen LogP) is 0.810. The van der Waals surface area contributed by atoms with Crippen molar-refractivity contribution in [1.29, 1.82) is 0 Å². The first-order valence-electron chi connectivity index (χ1n) is 6.28. The van der Waals surface area contributed by atoms with Crippen molar-refractivity contribution in [2.45, 2.75) is 20.8 Å². The molecule has 0 spiro atoms. The van der Waals surface area contributed by atoms with Crippen molar-refractivity contribution < 1.29 is 14.3 Å². The number of carbonyl (C=O) groups excluding carboxylic acids is 1. The van der Waals surface area contributed by atoms with E-state index in [0.29, 0.717) is 39.5 Å². The molecule has 6 heteroatoms. The van der Waals surface area contributed by atoms with Crippen molar-refractivity contribution in [3.05, 3.63) is 0 Å². The van der Waals surface area contributed by atoms with Crippen LogP contribution in [0.4, 0.5) is 0 Å². The van der Waals surface area contributed by atoms with Gasteiger partial charge >= 0.3 is 0 Å². The molecule has 1 amide bonds. The summed E-state index contributed by atoms with van der Waals surface area (Å²) in [5.41, 5.74) is 5.51. The van der Waals surface area contributed by atoms with Gasteiger partial charge in [0, 0.05) is 26.3 Å². The van der Waals surface area contributed by atoms with Crippen LogP contribution >= 0.6 is 12.2 Å². The zero-order valence-corrected chi connectivity index (χ0v) is 12.3. The molecule has 0 saturated heterocycles. The van der Waals surface area contributed by atoms with E-state index < -0.39 is 5.92 Å².